The summed E-state index contributed by atoms with van der Waals surface area (Å²) in [5, 5.41) is 0. The van der Waals surface area contributed by atoms with Crippen LogP contribution in [0.2, 0.25) is 0 Å². The van der Waals surface area contributed by atoms with Crippen LogP contribution in [0.5, 0.6) is 0 Å². The van der Waals surface area contributed by atoms with Crippen molar-refractivity contribution in [2.24, 2.45) is 0 Å². The van der Waals surface area contributed by atoms with Crippen LogP contribution in [0.4, 0.5) is 0 Å². The zero-order chi connectivity index (χ0) is 30.0. The quantitative estimate of drug-likeness (QED) is 0.126. The van der Waals surface area contributed by atoms with Crippen molar-refractivity contribution < 1.29 is 45.6 Å². The number of hydrogen-bond acceptors (Lipinski definition) is 8. The van der Waals surface area contributed by atoms with Crippen LogP contribution in [-0.4, -0.2) is 92.9 Å². The fourth-order valence-corrected chi connectivity index (χ4v) is 3.22. The Bertz CT molecular complexity index is 1040. The summed E-state index contributed by atoms with van der Waals surface area (Å²) < 4.78 is 45.6. The van der Waals surface area contributed by atoms with Gasteiger partial charge in [0, 0.05) is 33.7 Å². The number of likely N-dealkylation sites (N-methyl/N-ethyl adjacent to an activating group) is 2. The van der Waals surface area contributed by atoms with E-state index >= 15 is 0 Å². The van der Waals surface area contributed by atoms with Gasteiger partial charge in [-0.3, -0.25) is 8.42 Å². The Morgan fingerprint density at radius 3 is 1.26 bits per heavy atom. The molecule has 11 heteroatoms. The largest absolute Gasteiger partial charge is 0.759 e. The minimum Gasteiger partial charge on any atom is -0.759 e. The van der Waals surface area contributed by atoms with Gasteiger partial charge in [-0.15, -0.1) is 0 Å². The third kappa shape index (κ3) is 22.4. The van der Waals surface area contributed by atoms with E-state index < -0.39 is 10.4 Å². The second-order valence-electron chi connectivity index (χ2n) is 9.76. The van der Waals surface area contributed by atoms with Crippen LogP contribution in [0, 0.1) is 0 Å². The Balaban J connectivity index is 0.000000632. The van der Waals surface area contributed by atoms with Crippen molar-refractivity contribution in [2.45, 2.75) is 13.1 Å². The predicted octanol–water partition coefficient (Wildman–Crippen LogP) is 2.65. The first kappa shape index (κ1) is 35.6. The van der Waals surface area contributed by atoms with Gasteiger partial charge >= 0.3 is 11.9 Å². The second kappa shape index (κ2) is 18.0. The van der Waals surface area contributed by atoms with Gasteiger partial charge in [0.15, 0.2) is 0 Å². The monoisotopic (exact) mass is 564 g/mol. The topological polar surface area (TPSA) is 133 Å². The van der Waals surface area contributed by atoms with E-state index in [4.69, 9.17) is 27.0 Å². The minimum absolute atomic E-state index is 0.357. The molecule has 0 aliphatic carbocycles. The number of esters is 2. The van der Waals surface area contributed by atoms with E-state index in [1.54, 1.807) is 0 Å². The van der Waals surface area contributed by atoms with Crippen molar-refractivity contribution in [3.8, 4) is 0 Å². The standard InChI is InChI=1S/2C14H20NO2.H2O4S/c2*1-4-14(16)17-11-10-15(2,3)12-13-8-6-5-7-9-13;1-5(2,3)4/h2*4-9H,1,10-12H2,2-3H3;(H2,1,2,3,4)/q2*+1;/p-2. The summed E-state index contributed by atoms with van der Waals surface area (Å²) in [5.41, 5.74) is 2.57. The van der Waals surface area contributed by atoms with Gasteiger partial charge in [0.1, 0.15) is 39.4 Å². The van der Waals surface area contributed by atoms with E-state index in [0.29, 0.717) is 13.2 Å². The van der Waals surface area contributed by atoms with Crippen molar-refractivity contribution in [1.29, 1.82) is 0 Å². The van der Waals surface area contributed by atoms with Crippen molar-refractivity contribution in [3.05, 3.63) is 97.1 Å². The molecule has 0 aromatic heterocycles. The maximum absolute atomic E-state index is 10.9. The van der Waals surface area contributed by atoms with Crippen LogP contribution in [0.3, 0.4) is 0 Å². The summed E-state index contributed by atoms with van der Waals surface area (Å²) >= 11 is 0. The van der Waals surface area contributed by atoms with Crippen LogP contribution < -0.4 is 0 Å². The van der Waals surface area contributed by atoms with Gasteiger partial charge in [-0.1, -0.05) is 73.8 Å². The number of nitrogens with zero attached hydrogens (tertiary/aromatic N) is 2. The summed E-state index contributed by atoms with van der Waals surface area (Å²) in [4.78, 5) is 21.8. The molecular formula is C28H40N2O8S. The van der Waals surface area contributed by atoms with Gasteiger partial charge in [-0.05, 0) is 0 Å². The maximum Gasteiger partial charge on any atom is 0.330 e. The number of benzene rings is 2. The van der Waals surface area contributed by atoms with E-state index in [0.717, 1.165) is 35.1 Å². The molecule has 0 fully saturated rings. The highest BCUT2D eigenvalue weighted by Crippen LogP contribution is 2.09. The van der Waals surface area contributed by atoms with Gasteiger partial charge in [0.2, 0.25) is 0 Å². The normalized spacial score (nSPS) is 11.0. The molecule has 0 saturated carbocycles. The first-order valence-corrected chi connectivity index (χ1v) is 13.4. The molecule has 0 bridgehead atoms. The molecule has 2 rings (SSSR count). The second-order valence-corrected chi connectivity index (χ2v) is 10.6. The third-order valence-electron chi connectivity index (χ3n) is 5.12. The summed E-state index contributed by atoms with van der Waals surface area (Å²) in [7, 11) is 3.31. The SMILES string of the molecule is C=CC(=O)OCC[N+](C)(C)Cc1ccccc1.C=CC(=O)OCC[N+](C)(C)Cc1ccccc1.O=S(=O)([O-])[O-]. The minimum atomic E-state index is -5.17. The molecule has 0 aliphatic rings. The Morgan fingerprint density at radius 2 is 1.00 bits per heavy atom. The number of quaternary nitrogens is 2. The molecule has 0 saturated heterocycles. The van der Waals surface area contributed by atoms with Gasteiger partial charge < -0.3 is 27.5 Å². The molecule has 216 valence electrons. The van der Waals surface area contributed by atoms with Crippen molar-refractivity contribution in [2.75, 3.05) is 54.5 Å². The zero-order valence-electron chi connectivity index (χ0n) is 23.2. The Morgan fingerprint density at radius 1 is 0.718 bits per heavy atom. The molecule has 10 nitrogen and oxygen atoms in total. The number of carbonyl (C=O) groups excluding carboxylic acids is 2. The molecule has 39 heavy (non-hydrogen) atoms. The first-order chi connectivity index (χ1) is 18.1. The van der Waals surface area contributed by atoms with Crippen molar-refractivity contribution in [1.82, 2.24) is 0 Å². The smallest absolute Gasteiger partial charge is 0.330 e. The molecule has 0 atom stereocenters. The highest BCUT2D eigenvalue weighted by molar-refractivity contribution is 7.79. The molecule has 2 aromatic carbocycles. The Labute approximate surface area is 232 Å². The Hall–Kier alpha value is -3.35. The maximum atomic E-state index is 10.9. The number of hydrogen-bond donors (Lipinski definition) is 0. The fourth-order valence-electron chi connectivity index (χ4n) is 3.22. The first-order valence-electron chi connectivity index (χ1n) is 12.0. The predicted molar refractivity (Wildman–Crippen MR) is 147 cm³/mol. The lowest BCUT2D eigenvalue weighted by Crippen LogP contribution is -2.41. The van der Waals surface area contributed by atoms with E-state index in [2.05, 4.69) is 65.6 Å². The average Bonchev–Trinajstić information content (AvgIpc) is 2.83. The molecule has 0 unspecified atom stereocenters. The van der Waals surface area contributed by atoms with Crippen LogP contribution in [0.1, 0.15) is 11.1 Å². The zero-order valence-corrected chi connectivity index (χ0v) is 24.0. The number of carbonyl (C=O) groups is 2. The highest BCUT2D eigenvalue weighted by atomic mass is 32.3. The molecule has 0 radical (unpaired) electrons. The summed E-state index contributed by atoms with van der Waals surface area (Å²) in [5.74, 6) is -0.713. The molecule has 0 amide bonds. The fraction of sp³-hybridized carbons (Fsp3) is 0.357. The third-order valence-corrected chi connectivity index (χ3v) is 5.12. The number of ether oxygens (including phenoxy) is 2. The van der Waals surface area contributed by atoms with Gasteiger partial charge in [0.25, 0.3) is 0 Å². The van der Waals surface area contributed by atoms with Gasteiger partial charge in [0.05, 0.1) is 28.2 Å². The van der Waals surface area contributed by atoms with Crippen molar-refractivity contribution in [3.63, 3.8) is 0 Å². The van der Waals surface area contributed by atoms with E-state index in [1.807, 2.05) is 36.4 Å². The molecule has 0 heterocycles. The van der Waals surface area contributed by atoms with E-state index in [1.165, 1.54) is 23.3 Å². The van der Waals surface area contributed by atoms with Crippen LogP contribution >= 0.6 is 0 Å². The van der Waals surface area contributed by atoms with Crippen LogP contribution in [-0.2, 0) is 42.6 Å². The summed E-state index contributed by atoms with van der Waals surface area (Å²) in [6, 6.07) is 20.6. The average molecular weight is 565 g/mol. The molecule has 0 N–H and O–H groups in total. The molecular weight excluding hydrogens is 524 g/mol. The lowest BCUT2D eigenvalue weighted by Gasteiger charge is -2.29. The lowest BCUT2D eigenvalue weighted by molar-refractivity contribution is -0.903. The van der Waals surface area contributed by atoms with Crippen LogP contribution in [0.15, 0.2) is 86.0 Å². The van der Waals surface area contributed by atoms with E-state index in [9.17, 15) is 9.59 Å². The Kier molecular flexibility index (Phi) is 16.5. The van der Waals surface area contributed by atoms with Gasteiger partial charge in [-0.25, -0.2) is 9.59 Å². The lowest BCUT2D eigenvalue weighted by atomic mass is 10.2. The van der Waals surface area contributed by atoms with Gasteiger partial charge in [-0.2, -0.15) is 0 Å². The van der Waals surface area contributed by atoms with Crippen LogP contribution in [0.25, 0.3) is 0 Å². The molecule has 0 spiro atoms. The summed E-state index contributed by atoms with van der Waals surface area (Å²) in [6.07, 6.45) is 2.38. The number of rotatable bonds is 12. The summed E-state index contributed by atoms with van der Waals surface area (Å²) in [6.45, 7) is 11.0. The van der Waals surface area contributed by atoms with Crippen molar-refractivity contribution >= 4 is 22.3 Å². The molecule has 0 aliphatic heterocycles. The highest BCUT2D eigenvalue weighted by Gasteiger charge is 2.17. The molecule has 2 aromatic rings. The van der Waals surface area contributed by atoms with E-state index in [-0.39, 0.29) is 11.9 Å².